The number of hydrogen-bond acceptors (Lipinski definition) is 3. The fraction of sp³-hybridized carbons (Fsp3) is 0.467. The van der Waals surface area contributed by atoms with Gasteiger partial charge in [-0.1, -0.05) is 11.6 Å². The predicted molar refractivity (Wildman–Crippen MR) is 85.8 cm³/mol. The average molecular weight is 312 g/mol. The number of anilines is 1. The first-order valence-corrected chi connectivity index (χ1v) is 7.14. The zero-order valence-corrected chi connectivity index (χ0v) is 13.7. The molecule has 0 spiro atoms. The van der Waals surface area contributed by atoms with Crippen molar-refractivity contribution in [3.63, 3.8) is 0 Å². The fourth-order valence-corrected chi connectivity index (χ4v) is 2.13. The third-order valence-corrected chi connectivity index (χ3v) is 3.25. The van der Waals surface area contributed by atoms with Gasteiger partial charge in [0.15, 0.2) is 0 Å². The van der Waals surface area contributed by atoms with Gasteiger partial charge in [0.25, 0.3) is 0 Å². The van der Waals surface area contributed by atoms with Crippen LogP contribution in [0.4, 0.5) is 5.69 Å². The van der Waals surface area contributed by atoms with E-state index < -0.39 is 0 Å². The van der Waals surface area contributed by atoms with Crippen LogP contribution in [0, 0.1) is 6.92 Å². The Morgan fingerprint density at radius 2 is 1.95 bits per heavy atom. The molecule has 0 aliphatic carbocycles. The molecule has 6 heteroatoms. The van der Waals surface area contributed by atoms with Crippen molar-refractivity contribution >= 4 is 29.1 Å². The molecule has 0 fully saturated rings. The van der Waals surface area contributed by atoms with E-state index >= 15 is 0 Å². The molecule has 0 unspecified atom stereocenters. The molecule has 0 aliphatic heterocycles. The van der Waals surface area contributed by atoms with Crippen LogP contribution in [0.25, 0.3) is 0 Å². The Morgan fingerprint density at radius 1 is 1.29 bits per heavy atom. The van der Waals surface area contributed by atoms with Crippen LogP contribution in [-0.4, -0.2) is 50.4 Å². The van der Waals surface area contributed by atoms with E-state index in [4.69, 9.17) is 11.6 Å². The van der Waals surface area contributed by atoms with Gasteiger partial charge in [-0.25, -0.2) is 0 Å². The van der Waals surface area contributed by atoms with Crippen LogP contribution in [0.3, 0.4) is 0 Å². The summed E-state index contributed by atoms with van der Waals surface area (Å²) in [7, 11) is 3.87. The number of hydrogen-bond donors (Lipinski definition) is 1. The topological polar surface area (TPSA) is 52.7 Å². The van der Waals surface area contributed by atoms with Crippen LogP contribution < -0.4 is 10.2 Å². The van der Waals surface area contributed by atoms with Crippen molar-refractivity contribution in [2.45, 2.75) is 13.8 Å². The summed E-state index contributed by atoms with van der Waals surface area (Å²) < 4.78 is 0. The van der Waals surface area contributed by atoms with Crippen molar-refractivity contribution in [2.75, 3.05) is 38.6 Å². The molecular formula is C15H22ClN3O2. The summed E-state index contributed by atoms with van der Waals surface area (Å²) in [6.45, 7) is 4.62. The molecule has 0 saturated heterocycles. The largest absolute Gasteiger partial charge is 0.353 e. The van der Waals surface area contributed by atoms with Gasteiger partial charge >= 0.3 is 0 Å². The molecule has 1 N–H and O–H groups in total. The molecule has 1 aromatic rings. The van der Waals surface area contributed by atoms with E-state index in [1.54, 1.807) is 18.2 Å². The third-order valence-electron chi connectivity index (χ3n) is 3.01. The number of aryl methyl sites for hydroxylation is 1. The maximum absolute atomic E-state index is 11.9. The molecule has 0 atom stereocenters. The standard InChI is InChI=1S/C15H22ClN3O2/c1-11-9-13(16)5-6-14(11)19(12(2)20)10-15(21)17-7-8-18(3)4/h5-6,9H,7-8,10H2,1-4H3,(H,17,21). The first-order chi connectivity index (χ1) is 9.81. The van der Waals surface area contributed by atoms with Crippen molar-refractivity contribution in [2.24, 2.45) is 0 Å². The van der Waals surface area contributed by atoms with Gasteiger partial charge in [-0.2, -0.15) is 0 Å². The number of halogens is 1. The molecule has 0 aromatic heterocycles. The van der Waals surface area contributed by atoms with E-state index in [1.807, 2.05) is 25.9 Å². The highest BCUT2D eigenvalue weighted by Gasteiger charge is 2.17. The van der Waals surface area contributed by atoms with E-state index in [9.17, 15) is 9.59 Å². The van der Waals surface area contributed by atoms with Gasteiger partial charge in [0.05, 0.1) is 0 Å². The summed E-state index contributed by atoms with van der Waals surface area (Å²) in [4.78, 5) is 27.2. The lowest BCUT2D eigenvalue weighted by molar-refractivity contribution is -0.123. The molecule has 116 valence electrons. The first-order valence-electron chi connectivity index (χ1n) is 6.77. The second-order valence-corrected chi connectivity index (χ2v) is 5.63. The van der Waals surface area contributed by atoms with Crippen molar-refractivity contribution in [3.8, 4) is 0 Å². The zero-order valence-electron chi connectivity index (χ0n) is 12.9. The van der Waals surface area contributed by atoms with Gasteiger partial charge in [0.1, 0.15) is 6.54 Å². The Hall–Kier alpha value is -1.59. The first kappa shape index (κ1) is 17.5. The maximum atomic E-state index is 11.9. The number of likely N-dealkylation sites (N-methyl/N-ethyl adjacent to an activating group) is 1. The summed E-state index contributed by atoms with van der Waals surface area (Å²) in [6.07, 6.45) is 0. The lowest BCUT2D eigenvalue weighted by Gasteiger charge is -2.23. The Kier molecular flexibility index (Phi) is 6.65. The average Bonchev–Trinajstić information content (AvgIpc) is 2.36. The molecule has 0 bridgehead atoms. The monoisotopic (exact) mass is 311 g/mol. The number of benzene rings is 1. The van der Waals surface area contributed by atoms with Gasteiger partial charge in [-0.15, -0.1) is 0 Å². The lowest BCUT2D eigenvalue weighted by atomic mass is 10.1. The number of carbonyl (C=O) groups excluding carboxylic acids is 2. The Morgan fingerprint density at radius 3 is 2.48 bits per heavy atom. The van der Waals surface area contributed by atoms with Crippen LogP contribution in [0.1, 0.15) is 12.5 Å². The fourth-order valence-electron chi connectivity index (χ4n) is 1.91. The minimum absolute atomic E-state index is 0.00519. The van der Waals surface area contributed by atoms with E-state index in [-0.39, 0.29) is 18.4 Å². The number of nitrogens with one attached hydrogen (secondary N) is 1. The van der Waals surface area contributed by atoms with Crippen molar-refractivity contribution in [3.05, 3.63) is 28.8 Å². The number of rotatable bonds is 6. The summed E-state index contributed by atoms with van der Waals surface area (Å²) in [6, 6.07) is 5.24. The van der Waals surface area contributed by atoms with Crippen LogP contribution in [0.15, 0.2) is 18.2 Å². The summed E-state index contributed by atoms with van der Waals surface area (Å²) >= 11 is 5.92. The van der Waals surface area contributed by atoms with Gasteiger partial charge < -0.3 is 15.1 Å². The highest BCUT2D eigenvalue weighted by atomic mass is 35.5. The molecule has 2 amide bonds. The molecule has 5 nitrogen and oxygen atoms in total. The highest BCUT2D eigenvalue weighted by Crippen LogP contribution is 2.23. The van der Waals surface area contributed by atoms with Crippen molar-refractivity contribution < 1.29 is 9.59 Å². The van der Waals surface area contributed by atoms with E-state index in [0.29, 0.717) is 17.3 Å². The SMILES string of the molecule is CC(=O)N(CC(=O)NCCN(C)C)c1ccc(Cl)cc1C. The van der Waals surface area contributed by atoms with Gasteiger partial charge in [-0.3, -0.25) is 9.59 Å². The molecule has 1 aromatic carbocycles. The summed E-state index contributed by atoms with van der Waals surface area (Å²) in [5.41, 5.74) is 1.56. The summed E-state index contributed by atoms with van der Waals surface area (Å²) in [5, 5.41) is 3.41. The molecule has 21 heavy (non-hydrogen) atoms. The van der Waals surface area contributed by atoms with Crippen LogP contribution >= 0.6 is 11.6 Å². The smallest absolute Gasteiger partial charge is 0.240 e. The lowest BCUT2D eigenvalue weighted by Crippen LogP contribution is -2.41. The number of carbonyl (C=O) groups is 2. The van der Waals surface area contributed by atoms with E-state index in [1.165, 1.54) is 11.8 Å². The molecule has 1 rings (SSSR count). The van der Waals surface area contributed by atoms with Gasteiger partial charge in [0, 0.05) is 30.7 Å². The third kappa shape index (κ3) is 5.73. The van der Waals surface area contributed by atoms with Crippen LogP contribution in [-0.2, 0) is 9.59 Å². The zero-order chi connectivity index (χ0) is 16.0. The van der Waals surface area contributed by atoms with Crippen LogP contribution in [0.2, 0.25) is 5.02 Å². The molecule has 0 radical (unpaired) electrons. The Bertz CT molecular complexity index is 518. The second kappa shape index (κ2) is 8.00. The highest BCUT2D eigenvalue weighted by molar-refractivity contribution is 6.30. The minimum Gasteiger partial charge on any atom is -0.353 e. The van der Waals surface area contributed by atoms with Gasteiger partial charge in [0.2, 0.25) is 11.8 Å². The van der Waals surface area contributed by atoms with E-state index in [0.717, 1.165) is 12.1 Å². The molecule has 0 aliphatic rings. The quantitative estimate of drug-likeness (QED) is 0.869. The second-order valence-electron chi connectivity index (χ2n) is 5.19. The number of amides is 2. The normalized spacial score (nSPS) is 10.6. The minimum atomic E-state index is -0.179. The van der Waals surface area contributed by atoms with Gasteiger partial charge in [-0.05, 0) is 44.8 Å². The molecule has 0 heterocycles. The summed E-state index contributed by atoms with van der Waals surface area (Å²) in [5.74, 6) is -0.357. The number of nitrogens with zero attached hydrogens (tertiary/aromatic N) is 2. The van der Waals surface area contributed by atoms with E-state index in [2.05, 4.69) is 5.32 Å². The van der Waals surface area contributed by atoms with Crippen molar-refractivity contribution in [1.82, 2.24) is 10.2 Å². The van der Waals surface area contributed by atoms with Crippen molar-refractivity contribution in [1.29, 1.82) is 0 Å². The Labute approximate surface area is 130 Å². The predicted octanol–water partition coefficient (Wildman–Crippen LogP) is 1.68. The Balaban J connectivity index is 2.74. The van der Waals surface area contributed by atoms with Crippen LogP contribution in [0.5, 0.6) is 0 Å². The maximum Gasteiger partial charge on any atom is 0.240 e. The molecule has 0 saturated carbocycles. The molecular weight excluding hydrogens is 290 g/mol.